The molecule has 0 bridgehead atoms. The lowest BCUT2D eigenvalue weighted by molar-refractivity contribution is -0.137. The molecular formula is C14H29N3O6Si. The predicted molar refractivity (Wildman–Crippen MR) is 89.9 cm³/mol. The highest BCUT2D eigenvalue weighted by molar-refractivity contribution is 6.60. The number of urea groups is 1. The molecule has 2 amide bonds. The fourth-order valence-corrected chi connectivity index (χ4v) is 4.32. The van der Waals surface area contributed by atoms with Crippen molar-refractivity contribution in [2.75, 3.05) is 60.6 Å². The van der Waals surface area contributed by atoms with Crippen LogP contribution >= 0.6 is 0 Å². The lowest BCUT2D eigenvalue weighted by Crippen LogP contribution is -2.52. The van der Waals surface area contributed by atoms with Gasteiger partial charge in [0.1, 0.15) is 0 Å². The van der Waals surface area contributed by atoms with Crippen LogP contribution < -0.4 is 5.32 Å². The Labute approximate surface area is 144 Å². The molecule has 1 fully saturated rings. The first-order chi connectivity index (χ1) is 11.5. The van der Waals surface area contributed by atoms with Crippen molar-refractivity contribution in [2.24, 2.45) is 0 Å². The molecule has 0 aromatic carbocycles. The minimum Gasteiger partial charge on any atom is -0.481 e. The van der Waals surface area contributed by atoms with E-state index in [1.54, 1.807) is 26.2 Å². The van der Waals surface area contributed by atoms with Gasteiger partial charge in [0.25, 0.3) is 0 Å². The van der Waals surface area contributed by atoms with Crippen LogP contribution in [0.3, 0.4) is 0 Å². The molecule has 24 heavy (non-hydrogen) atoms. The Morgan fingerprint density at radius 3 is 2.17 bits per heavy atom. The fraction of sp³-hybridized carbons (Fsp3) is 0.857. The van der Waals surface area contributed by atoms with Crippen LogP contribution in [-0.2, 0) is 18.1 Å². The van der Waals surface area contributed by atoms with Crippen molar-refractivity contribution in [3.63, 3.8) is 0 Å². The van der Waals surface area contributed by atoms with Gasteiger partial charge in [-0.15, -0.1) is 0 Å². The van der Waals surface area contributed by atoms with Gasteiger partial charge in [-0.3, -0.25) is 9.69 Å². The molecule has 0 unspecified atom stereocenters. The van der Waals surface area contributed by atoms with E-state index in [0.29, 0.717) is 51.7 Å². The summed E-state index contributed by atoms with van der Waals surface area (Å²) in [5.74, 6) is -0.794. The third kappa shape index (κ3) is 6.73. The number of nitrogens with zero attached hydrogens (tertiary/aromatic N) is 2. The number of hydrogen-bond donors (Lipinski definition) is 2. The average Bonchev–Trinajstić information content (AvgIpc) is 2.61. The second-order valence-corrected chi connectivity index (χ2v) is 8.69. The van der Waals surface area contributed by atoms with E-state index in [-0.39, 0.29) is 12.5 Å². The first kappa shape index (κ1) is 20.8. The van der Waals surface area contributed by atoms with E-state index in [4.69, 9.17) is 18.4 Å². The van der Waals surface area contributed by atoms with Crippen molar-refractivity contribution in [2.45, 2.75) is 18.9 Å². The molecule has 10 heteroatoms. The third-order valence-electron chi connectivity index (χ3n) is 4.17. The van der Waals surface area contributed by atoms with Crippen LogP contribution in [0.4, 0.5) is 4.79 Å². The zero-order chi connectivity index (χ0) is 18.0. The summed E-state index contributed by atoms with van der Waals surface area (Å²) in [6.45, 7) is 3.68. The number of hydrogen-bond acceptors (Lipinski definition) is 6. The molecular weight excluding hydrogens is 334 g/mol. The first-order valence-electron chi connectivity index (χ1n) is 8.08. The second kappa shape index (κ2) is 10.6. The zero-order valence-corrected chi connectivity index (χ0v) is 15.7. The van der Waals surface area contributed by atoms with Gasteiger partial charge in [0.15, 0.2) is 0 Å². The topological polar surface area (TPSA) is 101 Å². The van der Waals surface area contributed by atoms with Gasteiger partial charge in [-0.05, 0) is 6.42 Å². The summed E-state index contributed by atoms with van der Waals surface area (Å²) in [6, 6.07) is 0.548. The van der Waals surface area contributed by atoms with Crippen molar-refractivity contribution in [1.29, 1.82) is 0 Å². The van der Waals surface area contributed by atoms with Crippen LogP contribution in [0.25, 0.3) is 0 Å². The number of rotatable bonds is 10. The lowest BCUT2D eigenvalue weighted by Gasteiger charge is -2.34. The highest BCUT2D eigenvalue weighted by Crippen LogP contribution is 2.14. The van der Waals surface area contributed by atoms with Crippen molar-refractivity contribution in [3.8, 4) is 0 Å². The van der Waals surface area contributed by atoms with E-state index in [0.717, 1.165) is 0 Å². The quantitative estimate of drug-likeness (QED) is 0.418. The molecule has 0 saturated carbocycles. The SMILES string of the molecule is CO[Si](CCCNC(=O)N1CCN(CCC(=O)O)CC1)(OC)OC. The van der Waals surface area contributed by atoms with Crippen molar-refractivity contribution >= 4 is 20.8 Å². The Morgan fingerprint density at radius 1 is 1.08 bits per heavy atom. The number of carboxylic acids is 1. The first-order valence-corrected chi connectivity index (χ1v) is 10.0. The van der Waals surface area contributed by atoms with Gasteiger partial charge in [-0.2, -0.15) is 0 Å². The Hall–Kier alpha value is -1.20. The lowest BCUT2D eigenvalue weighted by atomic mass is 10.3. The molecule has 1 aliphatic heterocycles. The predicted octanol–water partition coefficient (Wildman–Crippen LogP) is 0.0565. The van der Waals surface area contributed by atoms with Crippen LogP contribution in [0.15, 0.2) is 0 Å². The molecule has 0 atom stereocenters. The van der Waals surface area contributed by atoms with E-state index in [1.807, 2.05) is 0 Å². The standard InChI is InChI=1S/C14H29N3O6Si/c1-21-24(22-2,23-3)12-4-6-15-14(20)17-10-8-16(9-11-17)7-5-13(18)19/h4-12H2,1-3H3,(H,15,20)(H,18,19). The van der Waals surface area contributed by atoms with E-state index in [2.05, 4.69) is 10.2 Å². The number of piperazine rings is 1. The smallest absolute Gasteiger partial charge is 0.481 e. The maximum absolute atomic E-state index is 12.1. The van der Waals surface area contributed by atoms with Gasteiger partial charge < -0.3 is 28.6 Å². The summed E-state index contributed by atoms with van der Waals surface area (Å²) in [6.07, 6.45) is 0.850. The van der Waals surface area contributed by atoms with Crippen molar-refractivity contribution in [3.05, 3.63) is 0 Å². The maximum Gasteiger partial charge on any atom is 0.500 e. The van der Waals surface area contributed by atoms with Crippen molar-refractivity contribution in [1.82, 2.24) is 15.1 Å². The van der Waals surface area contributed by atoms with Gasteiger partial charge in [-0.1, -0.05) is 0 Å². The number of aliphatic carboxylic acids is 1. The fourth-order valence-electron chi connectivity index (χ4n) is 2.60. The molecule has 0 aliphatic carbocycles. The minimum absolute atomic E-state index is 0.0904. The Morgan fingerprint density at radius 2 is 1.67 bits per heavy atom. The van der Waals surface area contributed by atoms with E-state index in [1.165, 1.54) is 0 Å². The van der Waals surface area contributed by atoms with E-state index >= 15 is 0 Å². The third-order valence-corrected chi connectivity index (χ3v) is 7.00. The van der Waals surface area contributed by atoms with Gasteiger partial charge in [0.2, 0.25) is 0 Å². The average molecular weight is 363 g/mol. The summed E-state index contributed by atoms with van der Waals surface area (Å²) in [5, 5.41) is 11.6. The van der Waals surface area contributed by atoms with E-state index in [9.17, 15) is 9.59 Å². The summed E-state index contributed by atoms with van der Waals surface area (Å²) in [7, 11) is 2.14. The minimum atomic E-state index is -2.58. The van der Waals surface area contributed by atoms with Crippen molar-refractivity contribution < 1.29 is 28.0 Å². The Kier molecular flexibility index (Phi) is 9.22. The zero-order valence-electron chi connectivity index (χ0n) is 14.7. The number of carbonyl (C=O) groups is 2. The normalized spacial score (nSPS) is 16.2. The maximum atomic E-state index is 12.1. The molecule has 0 aromatic rings. The van der Waals surface area contributed by atoms with Crippen LogP contribution in [0.5, 0.6) is 0 Å². The summed E-state index contributed by atoms with van der Waals surface area (Å²) in [5.41, 5.74) is 0. The van der Waals surface area contributed by atoms with Gasteiger partial charge in [-0.25, -0.2) is 4.79 Å². The Balaban J connectivity index is 2.21. The summed E-state index contributed by atoms with van der Waals surface area (Å²) >= 11 is 0. The number of carbonyl (C=O) groups excluding carboxylic acids is 1. The van der Waals surface area contributed by atoms with Gasteiger partial charge in [0.05, 0.1) is 6.42 Å². The number of amides is 2. The van der Waals surface area contributed by atoms with Gasteiger partial charge >= 0.3 is 20.8 Å². The molecule has 1 rings (SSSR count). The summed E-state index contributed by atoms with van der Waals surface area (Å²) in [4.78, 5) is 26.5. The van der Waals surface area contributed by atoms with Crippen LogP contribution in [0, 0.1) is 0 Å². The highest BCUT2D eigenvalue weighted by Gasteiger charge is 2.36. The number of nitrogens with one attached hydrogen (secondary N) is 1. The second-order valence-electron chi connectivity index (χ2n) is 5.60. The molecule has 1 heterocycles. The highest BCUT2D eigenvalue weighted by atomic mass is 28.4. The summed E-state index contributed by atoms with van der Waals surface area (Å²) < 4.78 is 16.0. The van der Waals surface area contributed by atoms with Gasteiger partial charge in [0, 0.05) is 66.6 Å². The molecule has 2 N–H and O–H groups in total. The van der Waals surface area contributed by atoms with Crippen LogP contribution in [0.1, 0.15) is 12.8 Å². The van der Waals surface area contributed by atoms with E-state index < -0.39 is 14.8 Å². The van der Waals surface area contributed by atoms with Crippen LogP contribution in [0.2, 0.25) is 6.04 Å². The molecule has 0 aromatic heterocycles. The molecule has 140 valence electrons. The van der Waals surface area contributed by atoms with Crippen LogP contribution in [-0.4, -0.2) is 96.3 Å². The number of carboxylic acid groups (broad SMARTS) is 1. The molecule has 1 saturated heterocycles. The molecule has 0 spiro atoms. The molecule has 1 aliphatic rings. The largest absolute Gasteiger partial charge is 0.500 e. The Bertz CT molecular complexity index is 392. The molecule has 9 nitrogen and oxygen atoms in total. The monoisotopic (exact) mass is 363 g/mol. The molecule has 0 radical (unpaired) electrons.